The zero-order chi connectivity index (χ0) is 13.2. The molecule has 0 radical (unpaired) electrons. The molecular formula is C15H15NO3. The molecule has 0 saturated carbocycles. The van der Waals surface area contributed by atoms with Gasteiger partial charge in [-0.05, 0) is 26.0 Å². The van der Waals surface area contributed by atoms with Crippen LogP contribution in [0.15, 0.2) is 36.5 Å². The summed E-state index contributed by atoms with van der Waals surface area (Å²) in [6.07, 6.45) is 1.91. The van der Waals surface area contributed by atoms with Crippen molar-refractivity contribution in [2.75, 3.05) is 6.79 Å². The Morgan fingerprint density at radius 3 is 2.79 bits per heavy atom. The van der Waals surface area contributed by atoms with Crippen LogP contribution in [0.5, 0.6) is 17.4 Å². The average molecular weight is 257 g/mol. The van der Waals surface area contributed by atoms with E-state index in [1.165, 1.54) is 0 Å². The highest BCUT2D eigenvalue weighted by Crippen LogP contribution is 2.40. The molecule has 19 heavy (non-hydrogen) atoms. The van der Waals surface area contributed by atoms with Gasteiger partial charge in [0.15, 0.2) is 11.5 Å². The lowest BCUT2D eigenvalue weighted by Gasteiger charge is -2.09. The number of hydrogen-bond acceptors (Lipinski definition) is 4. The standard InChI is InChI=1S/C15H15NO3/c1-10(2)19-14-7-6-11(8-16-14)12-4-3-5-13-15(12)18-9-17-13/h3-8,10H,9H2,1-2H3. The average Bonchev–Trinajstić information content (AvgIpc) is 2.87. The maximum absolute atomic E-state index is 5.53. The Morgan fingerprint density at radius 1 is 1.16 bits per heavy atom. The monoisotopic (exact) mass is 257 g/mol. The maximum Gasteiger partial charge on any atom is 0.231 e. The lowest BCUT2D eigenvalue weighted by molar-refractivity contribution is 0.174. The largest absolute Gasteiger partial charge is 0.475 e. The van der Waals surface area contributed by atoms with Crippen molar-refractivity contribution >= 4 is 0 Å². The summed E-state index contributed by atoms with van der Waals surface area (Å²) >= 11 is 0. The van der Waals surface area contributed by atoms with E-state index in [0.717, 1.165) is 22.6 Å². The molecule has 0 aliphatic carbocycles. The second kappa shape index (κ2) is 4.80. The summed E-state index contributed by atoms with van der Waals surface area (Å²) in [5.41, 5.74) is 1.97. The van der Waals surface area contributed by atoms with E-state index in [-0.39, 0.29) is 12.9 Å². The minimum Gasteiger partial charge on any atom is -0.475 e. The van der Waals surface area contributed by atoms with E-state index < -0.39 is 0 Å². The lowest BCUT2D eigenvalue weighted by Crippen LogP contribution is -2.06. The molecule has 0 bridgehead atoms. The summed E-state index contributed by atoms with van der Waals surface area (Å²) in [4.78, 5) is 4.30. The van der Waals surface area contributed by atoms with Gasteiger partial charge in [-0.3, -0.25) is 0 Å². The molecule has 0 amide bonds. The van der Waals surface area contributed by atoms with E-state index in [2.05, 4.69) is 4.98 Å². The molecule has 0 N–H and O–H groups in total. The third-order valence-electron chi connectivity index (χ3n) is 2.80. The van der Waals surface area contributed by atoms with Gasteiger partial charge >= 0.3 is 0 Å². The molecule has 4 nitrogen and oxygen atoms in total. The van der Waals surface area contributed by atoms with E-state index in [0.29, 0.717) is 5.88 Å². The summed E-state index contributed by atoms with van der Waals surface area (Å²) in [6.45, 7) is 4.23. The van der Waals surface area contributed by atoms with E-state index >= 15 is 0 Å². The summed E-state index contributed by atoms with van der Waals surface area (Å²) in [5, 5.41) is 0. The zero-order valence-electron chi connectivity index (χ0n) is 10.9. The number of rotatable bonds is 3. The van der Waals surface area contributed by atoms with Crippen molar-refractivity contribution in [1.82, 2.24) is 4.98 Å². The van der Waals surface area contributed by atoms with Gasteiger partial charge in [0.1, 0.15) is 0 Å². The molecule has 0 spiro atoms. The fourth-order valence-corrected chi connectivity index (χ4v) is 2.01. The molecule has 1 aliphatic rings. The number of para-hydroxylation sites is 1. The van der Waals surface area contributed by atoms with Crippen LogP contribution < -0.4 is 14.2 Å². The second-order valence-corrected chi connectivity index (χ2v) is 4.59. The van der Waals surface area contributed by atoms with Gasteiger partial charge < -0.3 is 14.2 Å². The zero-order valence-corrected chi connectivity index (χ0v) is 10.9. The Bertz CT molecular complexity index is 578. The van der Waals surface area contributed by atoms with Gasteiger partial charge in [0.25, 0.3) is 0 Å². The predicted molar refractivity (Wildman–Crippen MR) is 71.6 cm³/mol. The molecule has 2 aromatic rings. The van der Waals surface area contributed by atoms with Gasteiger partial charge in [-0.1, -0.05) is 12.1 Å². The van der Waals surface area contributed by atoms with Gasteiger partial charge in [0.2, 0.25) is 12.7 Å². The van der Waals surface area contributed by atoms with Crippen molar-refractivity contribution < 1.29 is 14.2 Å². The smallest absolute Gasteiger partial charge is 0.231 e. The fourth-order valence-electron chi connectivity index (χ4n) is 2.01. The number of benzene rings is 1. The summed E-state index contributed by atoms with van der Waals surface area (Å²) < 4.78 is 16.4. The van der Waals surface area contributed by atoms with Gasteiger partial charge in [-0.2, -0.15) is 0 Å². The Balaban J connectivity index is 1.93. The molecule has 1 aromatic heterocycles. The molecule has 4 heteroatoms. The van der Waals surface area contributed by atoms with E-state index in [4.69, 9.17) is 14.2 Å². The molecule has 0 atom stereocenters. The van der Waals surface area contributed by atoms with Crippen molar-refractivity contribution in [3.05, 3.63) is 36.5 Å². The first-order valence-corrected chi connectivity index (χ1v) is 6.26. The second-order valence-electron chi connectivity index (χ2n) is 4.59. The number of fused-ring (bicyclic) bond motifs is 1. The van der Waals surface area contributed by atoms with Crippen LogP contribution in [0.4, 0.5) is 0 Å². The molecule has 0 fully saturated rings. The van der Waals surface area contributed by atoms with E-state index in [1.807, 2.05) is 44.2 Å². The van der Waals surface area contributed by atoms with Gasteiger partial charge in [-0.25, -0.2) is 4.98 Å². The Hall–Kier alpha value is -2.23. The highest BCUT2D eigenvalue weighted by molar-refractivity contribution is 5.73. The molecule has 98 valence electrons. The number of pyridine rings is 1. The molecule has 0 saturated heterocycles. The first-order chi connectivity index (χ1) is 9.24. The SMILES string of the molecule is CC(C)Oc1ccc(-c2cccc3c2OCO3)cn1. The van der Waals surface area contributed by atoms with Crippen LogP contribution in [0.1, 0.15) is 13.8 Å². The van der Waals surface area contributed by atoms with Crippen LogP contribution in [0.25, 0.3) is 11.1 Å². The van der Waals surface area contributed by atoms with Crippen LogP contribution in [0.2, 0.25) is 0 Å². The third kappa shape index (κ3) is 2.34. The van der Waals surface area contributed by atoms with E-state index in [9.17, 15) is 0 Å². The number of ether oxygens (including phenoxy) is 3. The van der Waals surface area contributed by atoms with Crippen LogP contribution in [-0.4, -0.2) is 17.9 Å². The van der Waals surface area contributed by atoms with Crippen molar-refractivity contribution in [3.8, 4) is 28.5 Å². The fraction of sp³-hybridized carbons (Fsp3) is 0.267. The summed E-state index contributed by atoms with van der Waals surface area (Å²) in [6, 6.07) is 9.68. The Kier molecular flexibility index (Phi) is 2.99. The molecule has 0 unspecified atom stereocenters. The molecular weight excluding hydrogens is 242 g/mol. The van der Waals surface area contributed by atoms with E-state index in [1.54, 1.807) is 6.20 Å². The topological polar surface area (TPSA) is 40.6 Å². The quantitative estimate of drug-likeness (QED) is 0.846. The Morgan fingerprint density at radius 2 is 2.05 bits per heavy atom. The molecule has 1 aromatic carbocycles. The Labute approximate surface area is 112 Å². The first-order valence-electron chi connectivity index (χ1n) is 6.26. The predicted octanol–water partition coefficient (Wildman–Crippen LogP) is 3.26. The molecule has 3 rings (SSSR count). The molecule has 1 aliphatic heterocycles. The van der Waals surface area contributed by atoms with Crippen molar-refractivity contribution in [1.29, 1.82) is 0 Å². The number of aromatic nitrogens is 1. The van der Waals surface area contributed by atoms with Crippen LogP contribution in [0, 0.1) is 0 Å². The van der Waals surface area contributed by atoms with Crippen molar-refractivity contribution in [3.63, 3.8) is 0 Å². The van der Waals surface area contributed by atoms with Crippen LogP contribution in [-0.2, 0) is 0 Å². The summed E-state index contributed by atoms with van der Waals surface area (Å²) in [7, 11) is 0. The van der Waals surface area contributed by atoms with Crippen molar-refractivity contribution in [2.24, 2.45) is 0 Å². The first kappa shape index (κ1) is 11.8. The van der Waals surface area contributed by atoms with Crippen LogP contribution >= 0.6 is 0 Å². The highest BCUT2D eigenvalue weighted by atomic mass is 16.7. The van der Waals surface area contributed by atoms with Gasteiger partial charge in [0.05, 0.1) is 6.10 Å². The van der Waals surface area contributed by atoms with Gasteiger partial charge in [0, 0.05) is 23.4 Å². The number of hydrogen-bond donors (Lipinski definition) is 0. The maximum atomic E-state index is 5.53. The van der Waals surface area contributed by atoms with Crippen molar-refractivity contribution in [2.45, 2.75) is 20.0 Å². The molecule has 2 heterocycles. The lowest BCUT2D eigenvalue weighted by atomic mass is 10.1. The van der Waals surface area contributed by atoms with Crippen LogP contribution in [0.3, 0.4) is 0 Å². The number of nitrogens with zero attached hydrogens (tertiary/aromatic N) is 1. The highest BCUT2D eigenvalue weighted by Gasteiger charge is 2.18. The van der Waals surface area contributed by atoms with Gasteiger partial charge in [-0.15, -0.1) is 0 Å². The minimum absolute atomic E-state index is 0.121. The third-order valence-corrected chi connectivity index (χ3v) is 2.80. The normalized spacial score (nSPS) is 12.8. The minimum atomic E-state index is 0.121. The summed E-state index contributed by atoms with van der Waals surface area (Å²) in [5.74, 6) is 2.19.